The van der Waals surface area contributed by atoms with Gasteiger partial charge in [-0.1, -0.05) is 13.0 Å². The smallest absolute Gasteiger partial charge is 0.241 e. The van der Waals surface area contributed by atoms with Gasteiger partial charge in [-0.05, 0) is 38.1 Å². The van der Waals surface area contributed by atoms with E-state index in [2.05, 4.69) is 10.0 Å². The summed E-state index contributed by atoms with van der Waals surface area (Å²) in [5.74, 6) is -0.329. The van der Waals surface area contributed by atoms with Gasteiger partial charge >= 0.3 is 0 Å². The van der Waals surface area contributed by atoms with Gasteiger partial charge in [0, 0.05) is 5.69 Å². The van der Waals surface area contributed by atoms with E-state index in [0.29, 0.717) is 12.1 Å². The molecule has 0 aliphatic carbocycles. The van der Waals surface area contributed by atoms with Crippen LogP contribution in [0.2, 0.25) is 0 Å². The fraction of sp³-hybridized carbons (Fsp3) is 0.417. The summed E-state index contributed by atoms with van der Waals surface area (Å²) in [4.78, 5) is 11.8. The second-order valence-electron chi connectivity index (χ2n) is 4.19. The predicted molar refractivity (Wildman–Crippen MR) is 74.3 cm³/mol. The average Bonchev–Trinajstić information content (AvgIpc) is 2.39. The standard InChI is InChI=1S/C12H19N3O3S/c1-4-10(13)12(16)15-11-7-9(6-5-8(11)2)19(17,18)14-3/h5-7,10,14H,4,13H2,1-3H3,(H,15,16)/t10-/m1/s1. The summed E-state index contributed by atoms with van der Waals surface area (Å²) in [7, 11) is -2.20. The highest BCUT2D eigenvalue weighted by molar-refractivity contribution is 7.89. The van der Waals surface area contributed by atoms with Gasteiger partial charge in [0.2, 0.25) is 15.9 Å². The topological polar surface area (TPSA) is 101 Å². The largest absolute Gasteiger partial charge is 0.324 e. The molecule has 19 heavy (non-hydrogen) atoms. The van der Waals surface area contributed by atoms with Crippen LogP contribution >= 0.6 is 0 Å². The molecule has 0 unspecified atom stereocenters. The fourth-order valence-corrected chi connectivity index (χ4v) is 2.19. The SMILES string of the molecule is CC[C@@H](N)C(=O)Nc1cc(S(=O)(=O)NC)ccc1C. The molecule has 0 spiro atoms. The van der Waals surface area contributed by atoms with E-state index in [1.807, 2.05) is 0 Å². The third-order valence-corrected chi connectivity index (χ3v) is 4.23. The number of nitrogens with one attached hydrogen (secondary N) is 2. The Hall–Kier alpha value is -1.44. The quantitative estimate of drug-likeness (QED) is 0.736. The van der Waals surface area contributed by atoms with Gasteiger partial charge in [0.05, 0.1) is 10.9 Å². The predicted octanol–water partition coefficient (Wildman–Crippen LogP) is 0.579. The summed E-state index contributed by atoms with van der Waals surface area (Å²) in [6.45, 7) is 3.59. The maximum absolute atomic E-state index is 11.7. The van der Waals surface area contributed by atoms with Crippen molar-refractivity contribution in [2.75, 3.05) is 12.4 Å². The van der Waals surface area contributed by atoms with Crippen molar-refractivity contribution < 1.29 is 13.2 Å². The van der Waals surface area contributed by atoms with E-state index in [0.717, 1.165) is 5.56 Å². The molecule has 1 aromatic carbocycles. The lowest BCUT2D eigenvalue weighted by Gasteiger charge is -2.13. The maximum Gasteiger partial charge on any atom is 0.241 e. The molecule has 1 amide bonds. The number of hydrogen-bond donors (Lipinski definition) is 3. The first-order valence-electron chi connectivity index (χ1n) is 5.92. The zero-order valence-corrected chi connectivity index (χ0v) is 12.0. The molecular formula is C12H19N3O3S. The van der Waals surface area contributed by atoms with E-state index in [4.69, 9.17) is 5.73 Å². The molecule has 0 aliphatic heterocycles. The number of anilines is 1. The summed E-state index contributed by atoms with van der Waals surface area (Å²) in [6.07, 6.45) is 0.513. The Bertz CT molecular complexity index is 570. The Morgan fingerprint density at radius 3 is 2.58 bits per heavy atom. The van der Waals surface area contributed by atoms with Gasteiger partial charge in [-0.2, -0.15) is 0 Å². The lowest BCUT2D eigenvalue weighted by atomic mass is 10.1. The summed E-state index contributed by atoms with van der Waals surface area (Å²) < 4.78 is 25.6. The molecule has 1 rings (SSSR count). The summed E-state index contributed by atoms with van der Waals surface area (Å²) in [5, 5.41) is 2.64. The Labute approximate surface area is 113 Å². The minimum Gasteiger partial charge on any atom is -0.324 e. The van der Waals surface area contributed by atoms with E-state index < -0.39 is 16.1 Å². The normalized spacial score (nSPS) is 13.1. The number of sulfonamides is 1. The number of nitrogens with two attached hydrogens (primary N) is 1. The van der Waals surface area contributed by atoms with Crippen molar-refractivity contribution in [3.05, 3.63) is 23.8 Å². The van der Waals surface area contributed by atoms with Crippen LogP contribution in [-0.2, 0) is 14.8 Å². The van der Waals surface area contributed by atoms with Gasteiger partial charge in [-0.15, -0.1) is 0 Å². The monoisotopic (exact) mass is 285 g/mol. The fourth-order valence-electron chi connectivity index (χ4n) is 1.43. The lowest BCUT2D eigenvalue weighted by molar-refractivity contribution is -0.117. The lowest BCUT2D eigenvalue weighted by Crippen LogP contribution is -2.35. The molecule has 1 atom stereocenters. The van der Waals surface area contributed by atoms with Crippen molar-refractivity contribution in [3.63, 3.8) is 0 Å². The van der Waals surface area contributed by atoms with Crippen molar-refractivity contribution >= 4 is 21.6 Å². The third kappa shape index (κ3) is 3.76. The molecule has 7 heteroatoms. The molecule has 106 valence electrons. The van der Waals surface area contributed by atoms with Crippen molar-refractivity contribution in [2.24, 2.45) is 5.73 Å². The van der Waals surface area contributed by atoms with Crippen molar-refractivity contribution in [2.45, 2.75) is 31.2 Å². The second-order valence-corrected chi connectivity index (χ2v) is 6.07. The highest BCUT2D eigenvalue weighted by Gasteiger charge is 2.16. The van der Waals surface area contributed by atoms with Gasteiger partial charge < -0.3 is 11.1 Å². The number of amides is 1. The minimum absolute atomic E-state index is 0.0981. The number of hydrogen-bond acceptors (Lipinski definition) is 4. The van der Waals surface area contributed by atoms with E-state index in [1.165, 1.54) is 19.2 Å². The molecule has 0 radical (unpaired) electrons. The molecule has 0 aromatic heterocycles. The van der Waals surface area contributed by atoms with Crippen molar-refractivity contribution in [1.29, 1.82) is 0 Å². The van der Waals surface area contributed by atoms with E-state index in [1.54, 1.807) is 19.9 Å². The molecule has 4 N–H and O–H groups in total. The molecule has 0 fully saturated rings. The number of benzene rings is 1. The van der Waals surface area contributed by atoms with Gasteiger partial charge in [0.25, 0.3) is 0 Å². The Balaban J connectivity index is 3.09. The van der Waals surface area contributed by atoms with Crippen molar-refractivity contribution in [1.82, 2.24) is 4.72 Å². The Morgan fingerprint density at radius 2 is 2.05 bits per heavy atom. The van der Waals surface area contributed by atoms with E-state index in [9.17, 15) is 13.2 Å². The van der Waals surface area contributed by atoms with E-state index in [-0.39, 0.29) is 10.8 Å². The zero-order chi connectivity index (χ0) is 14.6. The molecule has 0 saturated heterocycles. The Kier molecular flexibility index (Phi) is 5.04. The van der Waals surface area contributed by atoms with Gasteiger partial charge in [0.15, 0.2) is 0 Å². The van der Waals surface area contributed by atoms with Crippen LogP contribution in [-0.4, -0.2) is 27.4 Å². The highest BCUT2D eigenvalue weighted by Crippen LogP contribution is 2.20. The van der Waals surface area contributed by atoms with Crippen LogP contribution in [0.5, 0.6) is 0 Å². The number of rotatable bonds is 5. The van der Waals surface area contributed by atoms with Crippen LogP contribution in [0.3, 0.4) is 0 Å². The van der Waals surface area contributed by atoms with Crippen LogP contribution in [0.15, 0.2) is 23.1 Å². The average molecular weight is 285 g/mol. The first-order chi connectivity index (χ1) is 8.81. The highest BCUT2D eigenvalue weighted by atomic mass is 32.2. The molecule has 0 saturated carbocycles. The number of carbonyl (C=O) groups is 1. The molecule has 0 heterocycles. The molecule has 6 nitrogen and oxygen atoms in total. The van der Waals surface area contributed by atoms with Crippen LogP contribution in [0.25, 0.3) is 0 Å². The third-order valence-electron chi connectivity index (χ3n) is 2.82. The second kappa shape index (κ2) is 6.14. The molecule has 0 bridgehead atoms. The zero-order valence-electron chi connectivity index (χ0n) is 11.2. The first kappa shape index (κ1) is 15.6. The van der Waals surface area contributed by atoms with Crippen molar-refractivity contribution in [3.8, 4) is 0 Å². The number of carbonyl (C=O) groups excluding carboxylic acids is 1. The van der Waals surface area contributed by atoms with E-state index >= 15 is 0 Å². The van der Waals surface area contributed by atoms with Crippen LogP contribution in [0.4, 0.5) is 5.69 Å². The molecule has 1 aromatic rings. The number of aryl methyl sites for hydroxylation is 1. The Morgan fingerprint density at radius 1 is 1.42 bits per heavy atom. The van der Waals surface area contributed by atoms with Gasteiger partial charge in [-0.3, -0.25) is 4.79 Å². The molecular weight excluding hydrogens is 266 g/mol. The maximum atomic E-state index is 11.7. The molecule has 0 aliphatic rings. The van der Waals surface area contributed by atoms with Crippen LogP contribution in [0.1, 0.15) is 18.9 Å². The first-order valence-corrected chi connectivity index (χ1v) is 7.40. The minimum atomic E-state index is -3.53. The van der Waals surface area contributed by atoms with Gasteiger partial charge in [0.1, 0.15) is 0 Å². The van der Waals surface area contributed by atoms with Gasteiger partial charge in [-0.25, -0.2) is 13.1 Å². The summed E-state index contributed by atoms with van der Waals surface area (Å²) in [5.41, 5.74) is 6.84. The van der Waals surface area contributed by atoms with Crippen LogP contribution < -0.4 is 15.8 Å². The van der Waals surface area contributed by atoms with Crippen LogP contribution in [0, 0.1) is 6.92 Å². The summed E-state index contributed by atoms with van der Waals surface area (Å²) in [6, 6.07) is 3.93. The summed E-state index contributed by atoms with van der Waals surface area (Å²) >= 11 is 0.